The van der Waals surface area contributed by atoms with Crippen molar-refractivity contribution in [2.75, 3.05) is 19.5 Å². The smallest absolute Gasteiger partial charge is 0.337 e. The van der Waals surface area contributed by atoms with Gasteiger partial charge in [-0.1, -0.05) is 40.2 Å². The number of carboxylic acid groups (broad SMARTS) is 1. The van der Waals surface area contributed by atoms with Crippen LogP contribution in [0, 0.1) is 5.92 Å². The van der Waals surface area contributed by atoms with Gasteiger partial charge < -0.3 is 19.9 Å². The van der Waals surface area contributed by atoms with Crippen molar-refractivity contribution < 1.29 is 19.4 Å². The van der Waals surface area contributed by atoms with Crippen molar-refractivity contribution in [3.8, 4) is 11.5 Å². The monoisotopic (exact) mass is 429 g/mol. The lowest BCUT2D eigenvalue weighted by atomic mass is 9.76. The minimum atomic E-state index is -0.947. The molecule has 0 radical (unpaired) electrons. The second kappa shape index (κ2) is 6.93. The zero-order valence-corrected chi connectivity index (χ0v) is 16.6. The molecule has 0 unspecified atom stereocenters. The summed E-state index contributed by atoms with van der Waals surface area (Å²) in [5, 5.41) is 13.2. The van der Waals surface area contributed by atoms with E-state index in [1.54, 1.807) is 20.3 Å². The number of allylic oxidation sites excluding steroid dienone is 2. The Bertz CT molecular complexity index is 940. The van der Waals surface area contributed by atoms with Crippen LogP contribution < -0.4 is 14.8 Å². The Morgan fingerprint density at radius 3 is 2.74 bits per heavy atom. The predicted octanol–water partition coefficient (Wildman–Crippen LogP) is 4.99. The number of fused-ring (bicyclic) bond motifs is 3. The molecule has 0 saturated carbocycles. The number of anilines is 1. The SMILES string of the molecule is COc1cccc([C@H]2Nc3c(C(=O)O)cc(Br)cc3[C@H]3C=CC[C@@H]32)c1OC. The lowest BCUT2D eigenvalue weighted by Gasteiger charge is -2.38. The van der Waals surface area contributed by atoms with Crippen LogP contribution in [-0.2, 0) is 0 Å². The number of nitrogens with one attached hydrogen (secondary N) is 1. The van der Waals surface area contributed by atoms with Crippen LogP contribution in [0.5, 0.6) is 11.5 Å². The third kappa shape index (κ3) is 2.88. The molecular weight excluding hydrogens is 410 g/mol. The van der Waals surface area contributed by atoms with E-state index in [1.165, 1.54) is 0 Å². The van der Waals surface area contributed by atoms with Crippen LogP contribution in [0.1, 0.15) is 39.9 Å². The summed E-state index contributed by atoms with van der Waals surface area (Å²) in [5.41, 5.74) is 2.93. The molecule has 0 amide bonds. The maximum Gasteiger partial charge on any atom is 0.337 e. The van der Waals surface area contributed by atoms with E-state index in [0.29, 0.717) is 17.2 Å². The van der Waals surface area contributed by atoms with Crippen molar-refractivity contribution in [3.05, 3.63) is 63.6 Å². The largest absolute Gasteiger partial charge is 0.493 e. The van der Waals surface area contributed by atoms with E-state index in [2.05, 4.69) is 33.4 Å². The van der Waals surface area contributed by atoms with Crippen molar-refractivity contribution in [1.29, 1.82) is 0 Å². The van der Waals surface area contributed by atoms with E-state index >= 15 is 0 Å². The molecule has 4 rings (SSSR count). The number of rotatable bonds is 4. The zero-order valence-electron chi connectivity index (χ0n) is 15.0. The Balaban J connectivity index is 1.89. The summed E-state index contributed by atoms with van der Waals surface area (Å²) >= 11 is 3.46. The van der Waals surface area contributed by atoms with E-state index in [0.717, 1.165) is 22.0 Å². The summed E-state index contributed by atoms with van der Waals surface area (Å²) < 4.78 is 11.9. The van der Waals surface area contributed by atoms with Crippen molar-refractivity contribution in [1.82, 2.24) is 0 Å². The van der Waals surface area contributed by atoms with E-state index < -0.39 is 5.97 Å². The van der Waals surface area contributed by atoms with Gasteiger partial charge in [-0.3, -0.25) is 0 Å². The van der Waals surface area contributed by atoms with E-state index in [4.69, 9.17) is 9.47 Å². The molecule has 1 heterocycles. The molecule has 5 nitrogen and oxygen atoms in total. The van der Waals surface area contributed by atoms with Crippen molar-refractivity contribution in [2.45, 2.75) is 18.4 Å². The summed E-state index contributed by atoms with van der Waals surface area (Å²) in [6, 6.07) is 9.39. The van der Waals surface area contributed by atoms with Gasteiger partial charge in [-0.05, 0) is 36.1 Å². The van der Waals surface area contributed by atoms with Crippen LogP contribution in [0.15, 0.2) is 47.0 Å². The van der Waals surface area contributed by atoms with E-state index in [1.807, 2.05) is 24.3 Å². The first-order valence-corrected chi connectivity index (χ1v) is 9.55. The number of hydrogen-bond donors (Lipinski definition) is 2. The Morgan fingerprint density at radius 1 is 1.22 bits per heavy atom. The molecule has 2 aliphatic rings. The molecule has 27 heavy (non-hydrogen) atoms. The topological polar surface area (TPSA) is 67.8 Å². The third-order valence-corrected chi connectivity index (χ3v) is 5.89. The van der Waals surface area contributed by atoms with Crippen molar-refractivity contribution >= 4 is 27.6 Å². The third-order valence-electron chi connectivity index (χ3n) is 5.43. The van der Waals surface area contributed by atoms with E-state index in [9.17, 15) is 9.90 Å². The highest BCUT2D eigenvalue weighted by Crippen LogP contribution is 2.53. The van der Waals surface area contributed by atoms with Crippen LogP contribution in [0.2, 0.25) is 0 Å². The first kappa shape index (κ1) is 17.9. The van der Waals surface area contributed by atoms with Crippen LogP contribution in [0.3, 0.4) is 0 Å². The molecule has 2 N–H and O–H groups in total. The highest BCUT2D eigenvalue weighted by molar-refractivity contribution is 9.10. The van der Waals surface area contributed by atoms with Gasteiger partial charge in [-0.25, -0.2) is 4.79 Å². The van der Waals surface area contributed by atoms with Gasteiger partial charge in [0.05, 0.1) is 31.5 Å². The number of carbonyl (C=O) groups is 1. The fraction of sp³-hybridized carbons (Fsp3) is 0.286. The lowest BCUT2D eigenvalue weighted by Crippen LogP contribution is -2.30. The average Bonchev–Trinajstić information content (AvgIpc) is 3.16. The number of hydrogen-bond acceptors (Lipinski definition) is 4. The fourth-order valence-electron chi connectivity index (χ4n) is 4.30. The Morgan fingerprint density at radius 2 is 2.04 bits per heavy atom. The van der Waals surface area contributed by atoms with Gasteiger partial charge in [0.2, 0.25) is 0 Å². The molecule has 3 atom stereocenters. The number of aromatic carboxylic acids is 1. The molecule has 1 aliphatic carbocycles. The van der Waals surface area contributed by atoms with Gasteiger partial charge in [-0.15, -0.1) is 0 Å². The number of benzene rings is 2. The number of para-hydroxylation sites is 1. The molecule has 0 bridgehead atoms. The highest BCUT2D eigenvalue weighted by Gasteiger charge is 2.41. The Labute approximate surface area is 166 Å². The molecule has 0 aromatic heterocycles. The van der Waals surface area contributed by atoms with Gasteiger partial charge in [0.25, 0.3) is 0 Å². The minimum Gasteiger partial charge on any atom is -0.493 e. The summed E-state index contributed by atoms with van der Waals surface area (Å²) in [6.07, 6.45) is 5.27. The van der Waals surface area contributed by atoms with Crippen LogP contribution in [0.4, 0.5) is 5.69 Å². The van der Waals surface area contributed by atoms with Gasteiger partial charge >= 0.3 is 5.97 Å². The van der Waals surface area contributed by atoms with Crippen LogP contribution in [0.25, 0.3) is 0 Å². The second-order valence-corrected chi connectivity index (χ2v) is 7.70. The normalized spacial score (nSPS) is 22.6. The van der Waals surface area contributed by atoms with Crippen LogP contribution in [-0.4, -0.2) is 25.3 Å². The number of carboxylic acids is 1. The predicted molar refractivity (Wildman–Crippen MR) is 107 cm³/mol. The molecular formula is C21H20BrNO4. The summed E-state index contributed by atoms with van der Waals surface area (Å²) in [4.78, 5) is 11.9. The van der Waals surface area contributed by atoms with Crippen molar-refractivity contribution in [2.24, 2.45) is 5.92 Å². The molecule has 0 saturated heterocycles. The lowest BCUT2D eigenvalue weighted by molar-refractivity contribution is 0.0697. The minimum absolute atomic E-state index is 0.0816. The fourth-order valence-corrected chi connectivity index (χ4v) is 4.77. The van der Waals surface area contributed by atoms with E-state index in [-0.39, 0.29) is 23.4 Å². The molecule has 1 aliphatic heterocycles. The first-order chi connectivity index (χ1) is 13.0. The highest BCUT2D eigenvalue weighted by atomic mass is 79.9. The van der Waals surface area contributed by atoms with Gasteiger partial charge in [-0.2, -0.15) is 0 Å². The van der Waals surface area contributed by atoms with Crippen LogP contribution >= 0.6 is 15.9 Å². The number of ether oxygens (including phenoxy) is 2. The summed E-state index contributed by atoms with van der Waals surface area (Å²) in [7, 11) is 3.24. The maximum absolute atomic E-state index is 11.9. The second-order valence-electron chi connectivity index (χ2n) is 6.78. The van der Waals surface area contributed by atoms with Crippen molar-refractivity contribution in [3.63, 3.8) is 0 Å². The van der Waals surface area contributed by atoms with Gasteiger partial charge in [0.1, 0.15) is 0 Å². The first-order valence-electron chi connectivity index (χ1n) is 8.76. The molecule has 2 aromatic rings. The molecule has 0 spiro atoms. The molecule has 0 fully saturated rings. The molecule has 2 aromatic carbocycles. The molecule has 6 heteroatoms. The summed E-state index contributed by atoms with van der Waals surface area (Å²) in [6.45, 7) is 0. The zero-order chi connectivity index (χ0) is 19.1. The standard InChI is InChI=1S/C21H20BrNO4/c1-26-17-8-4-7-14(20(17)27-2)18-13-6-3-5-12(13)15-9-11(22)10-16(21(24)25)19(15)23-18/h3-5,7-10,12-13,18,23H,6H2,1-2H3,(H,24,25)/t12-,13-,18-/m0/s1. The molecule has 140 valence electrons. The Kier molecular flexibility index (Phi) is 4.60. The van der Waals surface area contributed by atoms with Gasteiger partial charge in [0, 0.05) is 16.0 Å². The van der Waals surface area contributed by atoms with Gasteiger partial charge in [0.15, 0.2) is 11.5 Å². The summed E-state index contributed by atoms with van der Waals surface area (Å²) in [5.74, 6) is 0.823. The maximum atomic E-state index is 11.9. The Hall–Kier alpha value is -2.47. The average molecular weight is 430 g/mol. The number of methoxy groups -OCH3 is 2. The quantitative estimate of drug-likeness (QED) is 0.669. The number of halogens is 1.